The molecule has 2 aromatic carbocycles. The lowest BCUT2D eigenvalue weighted by Gasteiger charge is -2.32. The summed E-state index contributed by atoms with van der Waals surface area (Å²) < 4.78 is 6.25. The van der Waals surface area contributed by atoms with Gasteiger partial charge in [0.1, 0.15) is 11.9 Å². The predicted molar refractivity (Wildman–Crippen MR) is 125 cm³/mol. The van der Waals surface area contributed by atoms with Crippen LogP contribution in [0.25, 0.3) is 0 Å². The molecule has 1 saturated heterocycles. The van der Waals surface area contributed by atoms with Gasteiger partial charge in [-0.05, 0) is 42.9 Å². The van der Waals surface area contributed by atoms with E-state index in [9.17, 15) is 4.79 Å². The van der Waals surface area contributed by atoms with Crippen molar-refractivity contribution < 1.29 is 9.53 Å². The number of ether oxygens (including phenoxy) is 1. The number of hydrogen-bond donors (Lipinski definition) is 0. The summed E-state index contributed by atoms with van der Waals surface area (Å²) in [5.41, 5.74) is 2.76. The summed E-state index contributed by atoms with van der Waals surface area (Å²) in [6, 6.07) is 15.3. The van der Waals surface area contributed by atoms with Crippen LogP contribution >= 0.6 is 11.6 Å². The number of hydrogen-bond acceptors (Lipinski definition) is 5. The SMILES string of the molecule is CN(Cc1cccc(OC2CCN(C(=O)c3cccc(Cl)c3)CC2)c1)Cc1cnccn1. The van der Waals surface area contributed by atoms with Crippen LogP contribution in [0.4, 0.5) is 0 Å². The minimum absolute atomic E-state index is 0.0269. The summed E-state index contributed by atoms with van der Waals surface area (Å²) in [6.07, 6.45) is 6.91. The molecule has 6 nitrogen and oxygen atoms in total. The number of piperidine rings is 1. The fourth-order valence-corrected chi connectivity index (χ4v) is 4.14. The van der Waals surface area contributed by atoms with Gasteiger partial charge in [-0.25, -0.2) is 0 Å². The Balaban J connectivity index is 1.28. The van der Waals surface area contributed by atoms with Crippen molar-refractivity contribution >= 4 is 17.5 Å². The number of nitrogens with zero attached hydrogens (tertiary/aromatic N) is 4. The third kappa shape index (κ3) is 6.05. The van der Waals surface area contributed by atoms with Crippen molar-refractivity contribution in [3.63, 3.8) is 0 Å². The molecular weight excluding hydrogens is 424 g/mol. The summed E-state index contributed by atoms with van der Waals surface area (Å²) in [5, 5.41) is 0.580. The molecular formula is C25H27ClN4O2. The van der Waals surface area contributed by atoms with Crippen molar-refractivity contribution in [2.75, 3.05) is 20.1 Å². The number of carbonyl (C=O) groups is 1. The highest BCUT2D eigenvalue weighted by atomic mass is 35.5. The Kier molecular flexibility index (Phi) is 7.35. The zero-order chi connectivity index (χ0) is 22.3. The van der Waals surface area contributed by atoms with Crippen LogP contribution < -0.4 is 4.74 Å². The number of rotatable bonds is 7. The molecule has 1 fully saturated rings. The first kappa shape index (κ1) is 22.2. The second-order valence-corrected chi connectivity index (χ2v) is 8.57. The Morgan fingerprint density at radius 3 is 2.69 bits per heavy atom. The van der Waals surface area contributed by atoms with Gasteiger partial charge in [0, 0.05) is 68.2 Å². The van der Waals surface area contributed by atoms with Gasteiger partial charge in [-0.3, -0.25) is 19.7 Å². The second-order valence-electron chi connectivity index (χ2n) is 8.14. The fourth-order valence-electron chi connectivity index (χ4n) is 3.95. The highest BCUT2D eigenvalue weighted by Crippen LogP contribution is 2.22. The van der Waals surface area contributed by atoms with E-state index in [1.54, 1.807) is 30.7 Å². The molecule has 1 aromatic heterocycles. The Morgan fingerprint density at radius 2 is 1.94 bits per heavy atom. The third-order valence-electron chi connectivity index (χ3n) is 5.50. The first-order chi connectivity index (χ1) is 15.6. The van der Waals surface area contributed by atoms with E-state index in [4.69, 9.17) is 16.3 Å². The minimum atomic E-state index is 0.0269. The maximum absolute atomic E-state index is 12.7. The van der Waals surface area contributed by atoms with Gasteiger partial charge in [0.05, 0.1) is 5.69 Å². The van der Waals surface area contributed by atoms with Gasteiger partial charge in [0.2, 0.25) is 0 Å². The van der Waals surface area contributed by atoms with Crippen molar-refractivity contribution in [1.29, 1.82) is 0 Å². The van der Waals surface area contributed by atoms with Crippen LogP contribution in [0.15, 0.2) is 67.1 Å². The van der Waals surface area contributed by atoms with Crippen LogP contribution in [-0.2, 0) is 13.1 Å². The van der Waals surface area contributed by atoms with E-state index in [1.165, 1.54) is 5.56 Å². The van der Waals surface area contributed by atoms with Gasteiger partial charge in [-0.15, -0.1) is 0 Å². The van der Waals surface area contributed by atoms with Crippen molar-refractivity contribution in [3.8, 4) is 5.75 Å². The van der Waals surface area contributed by atoms with Crippen LogP contribution in [0, 0.1) is 0 Å². The maximum atomic E-state index is 12.7. The third-order valence-corrected chi connectivity index (χ3v) is 5.74. The molecule has 0 radical (unpaired) electrons. The second kappa shape index (κ2) is 10.6. The Labute approximate surface area is 193 Å². The standard InChI is InChI=1S/C25H27ClN4O2/c1-29(18-22-16-27-10-11-28-22)17-19-4-2-7-24(14-19)32-23-8-12-30(13-9-23)25(31)20-5-3-6-21(26)15-20/h2-7,10-11,14-16,23H,8-9,12-13,17-18H2,1H3. The number of benzene rings is 2. The molecule has 0 N–H and O–H groups in total. The molecule has 0 unspecified atom stereocenters. The zero-order valence-corrected chi connectivity index (χ0v) is 18.9. The maximum Gasteiger partial charge on any atom is 0.253 e. The predicted octanol–water partition coefficient (Wildman–Crippen LogP) is 4.45. The van der Waals surface area contributed by atoms with E-state index in [0.717, 1.165) is 37.4 Å². The van der Waals surface area contributed by atoms with Crippen LogP contribution in [-0.4, -0.2) is 51.9 Å². The smallest absolute Gasteiger partial charge is 0.253 e. The van der Waals surface area contributed by atoms with E-state index in [0.29, 0.717) is 23.7 Å². The highest BCUT2D eigenvalue weighted by Gasteiger charge is 2.25. The molecule has 166 valence electrons. The van der Waals surface area contributed by atoms with E-state index in [1.807, 2.05) is 29.2 Å². The Bertz CT molecular complexity index is 1040. The quantitative estimate of drug-likeness (QED) is 0.532. The highest BCUT2D eigenvalue weighted by molar-refractivity contribution is 6.30. The van der Waals surface area contributed by atoms with Crippen LogP contribution in [0.5, 0.6) is 5.75 Å². The number of amides is 1. The number of carbonyl (C=O) groups excluding carboxylic acids is 1. The van der Waals surface area contributed by atoms with Crippen LogP contribution in [0.3, 0.4) is 0 Å². The lowest BCUT2D eigenvalue weighted by Crippen LogP contribution is -2.41. The molecule has 0 aliphatic carbocycles. The number of halogens is 1. The summed E-state index contributed by atoms with van der Waals surface area (Å²) >= 11 is 6.03. The first-order valence-corrected chi connectivity index (χ1v) is 11.2. The van der Waals surface area contributed by atoms with Crippen LogP contribution in [0.1, 0.15) is 34.5 Å². The van der Waals surface area contributed by atoms with Gasteiger partial charge < -0.3 is 9.64 Å². The molecule has 4 rings (SSSR count). The Morgan fingerprint density at radius 1 is 1.12 bits per heavy atom. The monoisotopic (exact) mass is 450 g/mol. The first-order valence-electron chi connectivity index (χ1n) is 10.8. The van der Waals surface area contributed by atoms with Gasteiger partial charge in [0.25, 0.3) is 5.91 Å². The normalized spacial score (nSPS) is 14.5. The summed E-state index contributed by atoms with van der Waals surface area (Å²) in [7, 11) is 2.06. The average molecular weight is 451 g/mol. The van der Waals surface area contributed by atoms with Crippen LogP contribution in [0.2, 0.25) is 5.02 Å². The molecule has 1 aliphatic rings. The van der Waals surface area contributed by atoms with Crippen molar-refractivity contribution in [2.24, 2.45) is 0 Å². The van der Waals surface area contributed by atoms with E-state index in [2.05, 4.69) is 34.0 Å². The molecule has 2 heterocycles. The van der Waals surface area contributed by atoms with Gasteiger partial charge in [-0.2, -0.15) is 0 Å². The summed E-state index contributed by atoms with van der Waals surface area (Å²) in [6.45, 7) is 2.88. The van der Waals surface area contributed by atoms with E-state index in [-0.39, 0.29) is 12.0 Å². The molecule has 1 aliphatic heterocycles. The van der Waals surface area contributed by atoms with Crippen molar-refractivity contribution in [1.82, 2.24) is 19.8 Å². The van der Waals surface area contributed by atoms with Gasteiger partial charge in [-0.1, -0.05) is 29.8 Å². The molecule has 7 heteroatoms. The zero-order valence-electron chi connectivity index (χ0n) is 18.2. The van der Waals surface area contributed by atoms with E-state index >= 15 is 0 Å². The average Bonchev–Trinajstić information content (AvgIpc) is 2.80. The molecule has 0 bridgehead atoms. The van der Waals surface area contributed by atoms with Gasteiger partial charge >= 0.3 is 0 Å². The van der Waals surface area contributed by atoms with Crippen molar-refractivity contribution in [3.05, 3.63) is 89.0 Å². The van der Waals surface area contributed by atoms with Crippen molar-refractivity contribution in [2.45, 2.75) is 32.0 Å². The fraction of sp³-hybridized carbons (Fsp3) is 0.320. The topological polar surface area (TPSA) is 58.6 Å². The van der Waals surface area contributed by atoms with E-state index < -0.39 is 0 Å². The lowest BCUT2D eigenvalue weighted by molar-refractivity contribution is 0.0595. The molecule has 0 atom stereocenters. The largest absolute Gasteiger partial charge is 0.490 e. The molecule has 0 saturated carbocycles. The summed E-state index contributed by atoms with van der Waals surface area (Å²) in [5.74, 6) is 0.897. The molecule has 1 amide bonds. The van der Waals surface area contributed by atoms with Gasteiger partial charge in [0.15, 0.2) is 0 Å². The number of likely N-dealkylation sites (tertiary alicyclic amines) is 1. The molecule has 32 heavy (non-hydrogen) atoms. The number of aromatic nitrogens is 2. The molecule has 3 aromatic rings. The molecule has 0 spiro atoms. The Hall–Kier alpha value is -2.96. The minimum Gasteiger partial charge on any atom is -0.490 e. The summed E-state index contributed by atoms with van der Waals surface area (Å²) in [4.78, 5) is 25.2. The lowest BCUT2D eigenvalue weighted by atomic mass is 10.1.